The summed E-state index contributed by atoms with van der Waals surface area (Å²) in [6.07, 6.45) is 0. The minimum absolute atomic E-state index is 0. The summed E-state index contributed by atoms with van der Waals surface area (Å²) in [5.41, 5.74) is 8.14. The first-order chi connectivity index (χ1) is 8.41. The molecule has 0 saturated carbocycles. The van der Waals surface area contributed by atoms with Crippen LogP contribution in [0.1, 0.15) is 18.1 Å². The number of para-hydroxylation sites is 1. The van der Waals surface area contributed by atoms with Gasteiger partial charge in [0.1, 0.15) is 0 Å². The van der Waals surface area contributed by atoms with Gasteiger partial charge < -0.3 is 16.4 Å². The van der Waals surface area contributed by atoms with E-state index >= 15 is 0 Å². The highest BCUT2D eigenvalue weighted by molar-refractivity contribution is 5.96. The Bertz CT molecular complexity index is 441. The third-order valence-corrected chi connectivity index (χ3v) is 2.58. The maximum absolute atomic E-state index is 11.7. The standard InChI is InChI=1S/C13H19N3O2.ClH/c1-8-5-4-6-9(2)12(8)16-11(17)7-15-13(18)10(3)14;/h4-6,10H,7,14H2,1-3H3,(H,15,18)(H,16,17);1H/t10-;/m1./s1. The van der Waals surface area contributed by atoms with E-state index in [1.165, 1.54) is 0 Å². The number of benzene rings is 1. The summed E-state index contributed by atoms with van der Waals surface area (Å²) in [7, 11) is 0. The van der Waals surface area contributed by atoms with Crippen molar-refractivity contribution in [3.63, 3.8) is 0 Å². The first-order valence-electron chi connectivity index (χ1n) is 5.81. The molecule has 0 aliphatic heterocycles. The predicted molar refractivity (Wildman–Crippen MR) is 78.5 cm³/mol. The van der Waals surface area contributed by atoms with Crippen LogP contribution < -0.4 is 16.4 Å². The predicted octanol–water partition coefficient (Wildman–Crippen LogP) is 1.13. The van der Waals surface area contributed by atoms with Crippen LogP contribution in [0.2, 0.25) is 0 Å². The Balaban J connectivity index is 0.00000324. The molecule has 0 saturated heterocycles. The molecule has 106 valence electrons. The fourth-order valence-corrected chi connectivity index (χ4v) is 1.52. The molecule has 0 unspecified atom stereocenters. The van der Waals surface area contributed by atoms with Crippen molar-refractivity contribution in [2.75, 3.05) is 11.9 Å². The van der Waals surface area contributed by atoms with E-state index in [2.05, 4.69) is 10.6 Å². The largest absolute Gasteiger partial charge is 0.346 e. The van der Waals surface area contributed by atoms with Crippen LogP contribution in [0.25, 0.3) is 0 Å². The number of anilines is 1. The lowest BCUT2D eigenvalue weighted by molar-refractivity contribution is -0.124. The Morgan fingerprint density at radius 3 is 2.26 bits per heavy atom. The third-order valence-electron chi connectivity index (χ3n) is 2.58. The number of amides is 2. The SMILES string of the molecule is Cc1cccc(C)c1NC(=O)CNC(=O)[C@@H](C)N.Cl. The van der Waals surface area contributed by atoms with Gasteiger partial charge in [-0.05, 0) is 31.9 Å². The topological polar surface area (TPSA) is 84.2 Å². The number of nitrogens with one attached hydrogen (secondary N) is 2. The zero-order valence-electron chi connectivity index (χ0n) is 11.3. The zero-order valence-corrected chi connectivity index (χ0v) is 12.1. The van der Waals surface area contributed by atoms with Crippen LogP contribution in [0.5, 0.6) is 0 Å². The maximum Gasteiger partial charge on any atom is 0.243 e. The van der Waals surface area contributed by atoms with Crippen LogP contribution in [0.4, 0.5) is 5.69 Å². The van der Waals surface area contributed by atoms with E-state index in [-0.39, 0.29) is 30.8 Å². The molecule has 6 heteroatoms. The summed E-state index contributed by atoms with van der Waals surface area (Å²) < 4.78 is 0. The van der Waals surface area contributed by atoms with Crippen molar-refractivity contribution in [1.82, 2.24) is 5.32 Å². The minimum atomic E-state index is -0.613. The van der Waals surface area contributed by atoms with Gasteiger partial charge in [0.25, 0.3) is 0 Å². The van der Waals surface area contributed by atoms with Crippen molar-refractivity contribution >= 4 is 29.9 Å². The number of hydrogen-bond acceptors (Lipinski definition) is 3. The second-order valence-corrected chi connectivity index (χ2v) is 4.32. The maximum atomic E-state index is 11.7. The fourth-order valence-electron chi connectivity index (χ4n) is 1.52. The van der Waals surface area contributed by atoms with E-state index in [1.54, 1.807) is 6.92 Å². The molecule has 0 fully saturated rings. The van der Waals surface area contributed by atoms with Crippen LogP contribution >= 0.6 is 12.4 Å². The molecule has 1 aromatic rings. The van der Waals surface area contributed by atoms with Crippen molar-refractivity contribution in [3.8, 4) is 0 Å². The van der Waals surface area contributed by atoms with E-state index in [4.69, 9.17) is 5.73 Å². The molecule has 0 aliphatic carbocycles. The molecule has 0 heterocycles. The average molecular weight is 286 g/mol. The average Bonchev–Trinajstić information content (AvgIpc) is 2.30. The molecule has 0 aromatic heterocycles. The van der Waals surface area contributed by atoms with Gasteiger partial charge in [0, 0.05) is 5.69 Å². The number of carbonyl (C=O) groups excluding carboxylic acids is 2. The molecule has 2 amide bonds. The van der Waals surface area contributed by atoms with Crippen molar-refractivity contribution in [2.45, 2.75) is 26.8 Å². The Hall–Kier alpha value is -1.59. The van der Waals surface area contributed by atoms with E-state index in [0.29, 0.717) is 0 Å². The second-order valence-electron chi connectivity index (χ2n) is 4.32. The second kappa shape index (κ2) is 7.76. The number of nitrogens with two attached hydrogens (primary N) is 1. The van der Waals surface area contributed by atoms with Gasteiger partial charge in [-0.3, -0.25) is 9.59 Å². The highest BCUT2D eigenvalue weighted by Gasteiger charge is 2.10. The van der Waals surface area contributed by atoms with Gasteiger partial charge in [-0.2, -0.15) is 0 Å². The molecule has 5 nitrogen and oxygen atoms in total. The van der Waals surface area contributed by atoms with Gasteiger partial charge in [0.2, 0.25) is 11.8 Å². The number of halogens is 1. The summed E-state index contributed by atoms with van der Waals surface area (Å²) in [6.45, 7) is 5.33. The summed E-state index contributed by atoms with van der Waals surface area (Å²) in [5.74, 6) is -0.604. The number of aryl methyl sites for hydroxylation is 2. The molecule has 1 aromatic carbocycles. The quantitative estimate of drug-likeness (QED) is 0.775. The molecule has 0 spiro atoms. The Labute approximate surface area is 119 Å². The van der Waals surface area contributed by atoms with Gasteiger partial charge in [0.15, 0.2) is 0 Å². The molecule has 0 radical (unpaired) electrons. The number of hydrogen-bond donors (Lipinski definition) is 3. The lowest BCUT2D eigenvalue weighted by atomic mass is 10.1. The molecular formula is C13H20ClN3O2. The summed E-state index contributed by atoms with van der Waals surface area (Å²) in [4.78, 5) is 22.9. The normalized spacial score (nSPS) is 11.2. The molecule has 0 aliphatic rings. The Morgan fingerprint density at radius 2 is 1.79 bits per heavy atom. The summed E-state index contributed by atoms with van der Waals surface area (Å²) >= 11 is 0. The van der Waals surface area contributed by atoms with Gasteiger partial charge >= 0.3 is 0 Å². The highest BCUT2D eigenvalue weighted by Crippen LogP contribution is 2.18. The summed E-state index contributed by atoms with van der Waals surface area (Å²) in [5, 5.41) is 5.24. The van der Waals surface area contributed by atoms with E-state index in [1.807, 2.05) is 32.0 Å². The minimum Gasteiger partial charge on any atom is -0.346 e. The molecular weight excluding hydrogens is 266 g/mol. The van der Waals surface area contributed by atoms with Crippen LogP contribution in [0.15, 0.2) is 18.2 Å². The van der Waals surface area contributed by atoms with Crippen molar-refractivity contribution in [3.05, 3.63) is 29.3 Å². The molecule has 0 bridgehead atoms. The monoisotopic (exact) mass is 285 g/mol. The number of rotatable bonds is 4. The van der Waals surface area contributed by atoms with Crippen LogP contribution in [0.3, 0.4) is 0 Å². The van der Waals surface area contributed by atoms with Crippen molar-refractivity contribution in [1.29, 1.82) is 0 Å². The van der Waals surface area contributed by atoms with E-state index in [9.17, 15) is 9.59 Å². The lowest BCUT2D eigenvalue weighted by Gasteiger charge is -2.12. The smallest absolute Gasteiger partial charge is 0.243 e. The summed E-state index contributed by atoms with van der Waals surface area (Å²) in [6, 6.07) is 5.16. The van der Waals surface area contributed by atoms with E-state index < -0.39 is 6.04 Å². The first kappa shape index (κ1) is 17.4. The van der Waals surface area contributed by atoms with Crippen LogP contribution in [-0.2, 0) is 9.59 Å². The van der Waals surface area contributed by atoms with Gasteiger partial charge in [0.05, 0.1) is 12.6 Å². The number of carbonyl (C=O) groups is 2. The fraction of sp³-hybridized carbons (Fsp3) is 0.385. The van der Waals surface area contributed by atoms with Crippen molar-refractivity contribution in [2.24, 2.45) is 5.73 Å². The third kappa shape index (κ3) is 5.28. The first-order valence-corrected chi connectivity index (χ1v) is 5.81. The Morgan fingerprint density at radius 1 is 1.26 bits per heavy atom. The van der Waals surface area contributed by atoms with E-state index in [0.717, 1.165) is 16.8 Å². The Kier molecular flexibility index (Phi) is 7.11. The lowest BCUT2D eigenvalue weighted by Crippen LogP contribution is -2.42. The molecule has 19 heavy (non-hydrogen) atoms. The van der Waals surface area contributed by atoms with Gasteiger partial charge in [-0.15, -0.1) is 12.4 Å². The molecule has 4 N–H and O–H groups in total. The van der Waals surface area contributed by atoms with Crippen molar-refractivity contribution < 1.29 is 9.59 Å². The van der Waals surface area contributed by atoms with Gasteiger partial charge in [-0.25, -0.2) is 0 Å². The zero-order chi connectivity index (χ0) is 13.7. The highest BCUT2D eigenvalue weighted by atomic mass is 35.5. The van der Waals surface area contributed by atoms with Gasteiger partial charge in [-0.1, -0.05) is 18.2 Å². The van der Waals surface area contributed by atoms with Crippen LogP contribution in [0, 0.1) is 13.8 Å². The molecule has 1 rings (SSSR count). The molecule has 1 atom stereocenters. The van der Waals surface area contributed by atoms with Crippen LogP contribution in [-0.4, -0.2) is 24.4 Å².